The maximum atomic E-state index is 12.7. The van der Waals surface area contributed by atoms with E-state index in [-0.39, 0.29) is 11.7 Å². The Labute approximate surface area is 134 Å². The van der Waals surface area contributed by atoms with Crippen molar-refractivity contribution < 1.29 is 9.59 Å². The number of carbonyl (C=O) groups excluding carboxylic acids is 2. The van der Waals surface area contributed by atoms with Crippen LogP contribution in [0.1, 0.15) is 28.8 Å². The summed E-state index contributed by atoms with van der Waals surface area (Å²) in [6, 6.07) is 16.1. The second-order valence-electron chi connectivity index (χ2n) is 5.40. The molecule has 2 aromatic rings. The third kappa shape index (κ3) is 2.90. The lowest BCUT2D eigenvalue weighted by Crippen LogP contribution is -2.38. The van der Waals surface area contributed by atoms with E-state index in [2.05, 4.69) is 0 Å². The molecule has 4 heteroatoms. The molecule has 1 heterocycles. The molecule has 0 spiro atoms. The van der Waals surface area contributed by atoms with Crippen LogP contribution in [0.3, 0.4) is 0 Å². The van der Waals surface area contributed by atoms with Crippen molar-refractivity contribution in [1.82, 2.24) is 4.90 Å². The first kappa shape index (κ1) is 14.8. The minimum Gasteiger partial charge on any atom is -0.328 e. The van der Waals surface area contributed by atoms with Crippen molar-refractivity contribution in [2.45, 2.75) is 25.4 Å². The maximum Gasteiger partial charge on any atom is 0.223 e. The van der Waals surface area contributed by atoms with Gasteiger partial charge in [-0.25, -0.2) is 0 Å². The van der Waals surface area contributed by atoms with E-state index >= 15 is 0 Å². The average molecular weight is 314 g/mol. The first-order valence-corrected chi connectivity index (χ1v) is 7.67. The highest BCUT2D eigenvalue weighted by molar-refractivity contribution is 6.31. The number of hydrogen-bond acceptors (Lipinski definition) is 2. The van der Waals surface area contributed by atoms with Gasteiger partial charge in [0.05, 0.1) is 6.04 Å². The number of likely N-dealkylation sites (tertiary alicyclic amines) is 1. The molecule has 2 aromatic carbocycles. The molecule has 1 fully saturated rings. The van der Waals surface area contributed by atoms with Crippen LogP contribution in [0.15, 0.2) is 54.6 Å². The predicted octanol–water partition coefficient (Wildman–Crippen LogP) is 3.71. The van der Waals surface area contributed by atoms with Crippen molar-refractivity contribution in [2.24, 2.45) is 0 Å². The van der Waals surface area contributed by atoms with Crippen molar-refractivity contribution in [1.29, 1.82) is 0 Å². The first-order valence-electron chi connectivity index (χ1n) is 7.29. The van der Waals surface area contributed by atoms with Crippen LogP contribution in [0.2, 0.25) is 5.02 Å². The zero-order chi connectivity index (χ0) is 15.5. The van der Waals surface area contributed by atoms with E-state index in [1.807, 2.05) is 36.4 Å². The van der Waals surface area contributed by atoms with Crippen LogP contribution in [0.4, 0.5) is 0 Å². The summed E-state index contributed by atoms with van der Waals surface area (Å²) in [5.41, 5.74) is 1.51. The Hall–Kier alpha value is -2.13. The number of Topliss-reactive ketones (excluding diaryl/α,β-unsaturated/α-hetero) is 1. The Morgan fingerprint density at radius 3 is 2.50 bits per heavy atom. The third-order valence-corrected chi connectivity index (χ3v) is 4.36. The van der Waals surface area contributed by atoms with Crippen LogP contribution in [0.5, 0.6) is 0 Å². The number of carbonyl (C=O) groups is 2. The summed E-state index contributed by atoms with van der Waals surface area (Å²) < 4.78 is 0. The second-order valence-corrected chi connectivity index (χ2v) is 5.80. The lowest BCUT2D eigenvalue weighted by atomic mass is 10.0. The summed E-state index contributed by atoms with van der Waals surface area (Å²) in [5.74, 6) is 0.00713. The fraction of sp³-hybridized carbons (Fsp3) is 0.222. The molecular formula is C18H16ClNO2. The highest BCUT2D eigenvalue weighted by atomic mass is 35.5. The molecule has 22 heavy (non-hydrogen) atoms. The number of ketones is 1. The molecule has 3 nitrogen and oxygen atoms in total. The molecule has 1 unspecified atom stereocenters. The van der Waals surface area contributed by atoms with E-state index < -0.39 is 6.04 Å². The number of hydrogen-bond donors (Lipinski definition) is 0. The standard InChI is InChI=1S/C18H16ClNO2/c19-15-9-5-4-8-14(15)12-20-16(10-11-17(20)21)18(22)13-6-2-1-3-7-13/h1-9,16H,10-12H2. The van der Waals surface area contributed by atoms with Crippen molar-refractivity contribution in [3.63, 3.8) is 0 Å². The topological polar surface area (TPSA) is 37.4 Å². The molecule has 0 bridgehead atoms. The summed E-state index contributed by atoms with van der Waals surface area (Å²) in [4.78, 5) is 26.5. The smallest absolute Gasteiger partial charge is 0.223 e. The molecule has 1 aliphatic heterocycles. The van der Waals surface area contributed by atoms with Gasteiger partial charge >= 0.3 is 0 Å². The fourth-order valence-electron chi connectivity index (χ4n) is 2.81. The van der Waals surface area contributed by atoms with E-state index in [1.54, 1.807) is 23.1 Å². The molecule has 1 saturated heterocycles. The van der Waals surface area contributed by atoms with Crippen LogP contribution < -0.4 is 0 Å². The minimum atomic E-state index is -0.397. The molecule has 1 atom stereocenters. The van der Waals surface area contributed by atoms with Gasteiger partial charge in [0.2, 0.25) is 5.91 Å². The zero-order valence-corrected chi connectivity index (χ0v) is 12.8. The third-order valence-electron chi connectivity index (χ3n) is 3.99. The van der Waals surface area contributed by atoms with E-state index in [0.717, 1.165) is 5.56 Å². The fourth-order valence-corrected chi connectivity index (χ4v) is 3.00. The molecule has 1 amide bonds. The Morgan fingerprint density at radius 1 is 1.09 bits per heavy atom. The zero-order valence-electron chi connectivity index (χ0n) is 12.0. The second kappa shape index (κ2) is 6.32. The van der Waals surface area contributed by atoms with Crippen molar-refractivity contribution >= 4 is 23.3 Å². The van der Waals surface area contributed by atoms with Crippen LogP contribution in [-0.4, -0.2) is 22.6 Å². The number of halogens is 1. The van der Waals surface area contributed by atoms with Crippen LogP contribution in [0, 0.1) is 0 Å². The Kier molecular flexibility index (Phi) is 4.25. The van der Waals surface area contributed by atoms with Gasteiger partial charge in [0, 0.05) is 23.6 Å². The Balaban J connectivity index is 1.84. The van der Waals surface area contributed by atoms with Crippen molar-refractivity contribution in [3.05, 3.63) is 70.7 Å². The Bertz CT molecular complexity index is 699. The summed E-state index contributed by atoms with van der Waals surface area (Å²) >= 11 is 6.17. The van der Waals surface area contributed by atoms with Gasteiger partial charge in [0.1, 0.15) is 0 Å². The highest BCUT2D eigenvalue weighted by Crippen LogP contribution is 2.26. The van der Waals surface area contributed by atoms with E-state index in [4.69, 9.17) is 11.6 Å². The number of benzene rings is 2. The van der Waals surface area contributed by atoms with Gasteiger partial charge in [-0.15, -0.1) is 0 Å². The molecule has 0 saturated carbocycles. The van der Waals surface area contributed by atoms with E-state index in [1.165, 1.54) is 0 Å². The van der Waals surface area contributed by atoms with Crippen molar-refractivity contribution in [2.75, 3.05) is 0 Å². The monoisotopic (exact) mass is 313 g/mol. The van der Waals surface area contributed by atoms with E-state index in [0.29, 0.717) is 30.0 Å². The van der Waals surface area contributed by atoms with Crippen LogP contribution >= 0.6 is 11.6 Å². The quantitative estimate of drug-likeness (QED) is 0.807. The molecule has 0 aromatic heterocycles. The highest BCUT2D eigenvalue weighted by Gasteiger charge is 2.36. The van der Waals surface area contributed by atoms with Gasteiger partial charge in [-0.05, 0) is 18.1 Å². The summed E-state index contributed by atoms with van der Waals surface area (Å²) in [5, 5.41) is 0.619. The van der Waals surface area contributed by atoms with Crippen LogP contribution in [-0.2, 0) is 11.3 Å². The molecule has 112 valence electrons. The lowest BCUT2D eigenvalue weighted by Gasteiger charge is -2.24. The largest absolute Gasteiger partial charge is 0.328 e. The normalized spacial score (nSPS) is 17.8. The SMILES string of the molecule is O=C(c1ccccc1)C1CCC(=O)N1Cc1ccccc1Cl. The average Bonchev–Trinajstić information content (AvgIpc) is 2.91. The molecular weight excluding hydrogens is 298 g/mol. The molecule has 0 radical (unpaired) electrons. The Morgan fingerprint density at radius 2 is 1.77 bits per heavy atom. The van der Waals surface area contributed by atoms with Gasteiger partial charge < -0.3 is 4.90 Å². The van der Waals surface area contributed by atoms with E-state index in [9.17, 15) is 9.59 Å². The van der Waals surface area contributed by atoms with Crippen molar-refractivity contribution in [3.8, 4) is 0 Å². The summed E-state index contributed by atoms with van der Waals surface area (Å²) in [6.45, 7) is 0.377. The van der Waals surface area contributed by atoms with Gasteiger partial charge in [-0.3, -0.25) is 9.59 Å². The van der Waals surface area contributed by atoms with Gasteiger partial charge in [0.15, 0.2) is 5.78 Å². The van der Waals surface area contributed by atoms with Crippen LogP contribution in [0.25, 0.3) is 0 Å². The lowest BCUT2D eigenvalue weighted by molar-refractivity contribution is -0.129. The molecule has 0 aliphatic carbocycles. The number of nitrogens with zero attached hydrogens (tertiary/aromatic N) is 1. The molecule has 3 rings (SSSR count). The first-order chi connectivity index (χ1) is 10.7. The minimum absolute atomic E-state index is 0.00139. The molecule has 1 aliphatic rings. The predicted molar refractivity (Wildman–Crippen MR) is 85.8 cm³/mol. The number of amides is 1. The van der Waals surface area contributed by atoms with Gasteiger partial charge in [0.25, 0.3) is 0 Å². The number of rotatable bonds is 4. The summed E-state index contributed by atoms with van der Waals surface area (Å²) in [6.07, 6.45) is 0.977. The molecule has 0 N–H and O–H groups in total. The maximum absolute atomic E-state index is 12.7. The van der Waals surface area contributed by atoms with Gasteiger partial charge in [-0.1, -0.05) is 60.1 Å². The van der Waals surface area contributed by atoms with Gasteiger partial charge in [-0.2, -0.15) is 0 Å². The summed E-state index contributed by atoms with van der Waals surface area (Å²) in [7, 11) is 0.